The number of aliphatic hydroxyl groups is 1. The number of thioether (sulfide) groups is 1. The van der Waals surface area contributed by atoms with E-state index in [0.717, 1.165) is 5.75 Å². The van der Waals surface area contributed by atoms with E-state index in [1.165, 1.54) is 17.1 Å². The van der Waals surface area contributed by atoms with Crippen molar-refractivity contribution in [1.82, 2.24) is 14.5 Å². The molecule has 0 saturated heterocycles. The SMILES string of the molecule is CSCCC(O)CNS(=O)(=O)c1cnn(C)c1. The van der Waals surface area contributed by atoms with Gasteiger partial charge in [-0.15, -0.1) is 0 Å². The maximum atomic E-state index is 11.7. The summed E-state index contributed by atoms with van der Waals surface area (Å²) in [5.74, 6) is 0.801. The number of nitrogens with one attached hydrogen (secondary N) is 1. The van der Waals surface area contributed by atoms with Crippen molar-refractivity contribution in [3.63, 3.8) is 0 Å². The van der Waals surface area contributed by atoms with Crippen LogP contribution in [-0.2, 0) is 17.1 Å². The number of sulfonamides is 1. The summed E-state index contributed by atoms with van der Waals surface area (Å²) in [5, 5.41) is 13.3. The maximum Gasteiger partial charge on any atom is 0.243 e. The number of rotatable bonds is 7. The van der Waals surface area contributed by atoms with Crippen LogP contribution in [0.1, 0.15) is 6.42 Å². The number of aliphatic hydroxyl groups excluding tert-OH is 1. The van der Waals surface area contributed by atoms with Gasteiger partial charge < -0.3 is 5.11 Å². The highest BCUT2D eigenvalue weighted by molar-refractivity contribution is 7.98. The Labute approximate surface area is 105 Å². The predicted molar refractivity (Wildman–Crippen MR) is 67.4 cm³/mol. The van der Waals surface area contributed by atoms with E-state index in [2.05, 4.69) is 9.82 Å². The first-order chi connectivity index (χ1) is 7.95. The molecule has 0 fully saturated rings. The molecule has 1 rings (SSSR count). The summed E-state index contributed by atoms with van der Waals surface area (Å²) in [5.41, 5.74) is 0. The van der Waals surface area contributed by atoms with Crippen LogP contribution in [0, 0.1) is 0 Å². The monoisotopic (exact) mass is 279 g/mol. The minimum atomic E-state index is -3.56. The molecule has 0 aliphatic heterocycles. The minimum absolute atomic E-state index is 0.0256. The largest absolute Gasteiger partial charge is 0.392 e. The highest BCUT2D eigenvalue weighted by Gasteiger charge is 2.17. The van der Waals surface area contributed by atoms with Gasteiger partial charge in [-0.3, -0.25) is 4.68 Å². The van der Waals surface area contributed by atoms with Gasteiger partial charge in [0.05, 0.1) is 12.3 Å². The summed E-state index contributed by atoms with van der Waals surface area (Å²) >= 11 is 1.61. The van der Waals surface area contributed by atoms with Gasteiger partial charge in [-0.1, -0.05) is 0 Å². The summed E-state index contributed by atoms with van der Waals surface area (Å²) in [7, 11) is -1.91. The normalized spacial score (nSPS) is 13.8. The average Bonchev–Trinajstić information content (AvgIpc) is 2.71. The molecular weight excluding hydrogens is 262 g/mol. The second-order valence-corrected chi connectivity index (χ2v) is 6.39. The van der Waals surface area contributed by atoms with Crippen LogP contribution in [0.2, 0.25) is 0 Å². The molecule has 0 radical (unpaired) electrons. The fourth-order valence-electron chi connectivity index (χ4n) is 1.18. The van der Waals surface area contributed by atoms with Crippen LogP contribution in [-0.4, -0.2) is 48.0 Å². The van der Waals surface area contributed by atoms with Crippen molar-refractivity contribution in [1.29, 1.82) is 0 Å². The minimum Gasteiger partial charge on any atom is -0.392 e. The summed E-state index contributed by atoms with van der Waals surface area (Å²) in [6.07, 6.45) is 4.53. The second kappa shape index (κ2) is 6.39. The van der Waals surface area contributed by atoms with Crippen LogP contribution in [0.4, 0.5) is 0 Å². The Hall–Kier alpha value is -0.570. The van der Waals surface area contributed by atoms with Gasteiger partial charge in [-0.2, -0.15) is 16.9 Å². The Bertz CT molecular complexity index is 444. The predicted octanol–water partition coefficient (Wildman–Crippen LogP) is -0.188. The lowest BCUT2D eigenvalue weighted by atomic mass is 10.3. The lowest BCUT2D eigenvalue weighted by Gasteiger charge is -2.10. The van der Waals surface area contributed by atoms with E-state index in [1.807, 2.05) is 6.26 Å². The topological polar surface area (TPSA) is 84.2 Å². The Morgan fingerprint density at radius 1 is 1.65 bits per heavy atom. The first-order valence-electron chi connectivity index (χ1n) is 5.11. The molecule has 1 aromatic rings. The Morgan fingerprint density at radius 2 is 2.35 bits per heavy atom. The first kappa shape index (κ1) is 14.5. The van der Waals surface area contributed by atoms with Gasteiger partial charge in [0.15, 0.2) is 0 Å². The zero-order valence-electron chi connectivity index (χ0n) is 9.83. The highest BCUT2D eigenvalue weighted by atomic mass is 32.2. The summed E-state index contributed by atoms with van der Waals surface area (Å²) in [6, 6.07) is 0. The molecule has 98 valence electrons. The number of hydrogen-bond acceptors (Lipinski definition) is 5. The van der Waals surface area contributed by atoms with Gasteiger partial charge in [0, 0.05) is 19.8 Å². The van der Waals surface area contributed by atoms with Gasteiger partial charge in [0.25, 0.3) is 0 Å². The van der Waals surface area contributed by atoms with Crippen molar-refractivity contribution in [2.24, 2.45) is 7.05 Å². The third-order valence-electron chi connectivity index (χ3n) is 2.16. The number of nitrogens with zero attached hydrogens (tertiary/aromatic N) is 2. The van der Waals surface area contributed by atoms with E-state index >= 15 is 0 Å². The van der Waals surface area contributed by atoms with E-state index in [1.54, 1.807) is 18.8 Å². The lowest BCUT2D eigenvalue weighted by molar-refractivity contribution is 0.175. The quantitative estimate of drug-likeness (QED) is 0.723. The molecule has 0 amide bonds. The van der Waals surface area contributed by atoms with Crippen molar-refractivity contribution < 1.29 is 13.5 Å². The third-order valence-corrected chi connectivity index (χ3v) is 4.18. The van der Waals surface area contributed by atoms with Gasteiger partial charge in [-0.25, -0.2) is 13.1 Å². The molecule has 1 unspecified atom stereocenters. The Morgan fingerprint density at radius 3 is 2.88 bits per heavy atom. The molecule has 0 spiro atoms. The van der Waals surface area contributed by atoms with E-state index < -0.39 is 16.1 Å². The molecule has 2 N–H and O–H groups in total. The van der Waals surface area contributed by atoms with Gasteiger partial charge in [-0.05, 0) is 18.4 Å². The molecule has 0 bridgehead atoms. The van der Waals surface area contributed by atoms with Gasteiger partial charge in [0.1, 0.15) is 4.90 Å². The Kier molecular flexibility index (Phi) is 5.44. The molecule has 1 aromatic heterocycles. The second-order valence-electron chi connectivity index (χ2n) is 3.64. The number of hydrogen-bond donors (Lipinski definition) is 2. The van der Waals surface area contributed by atoms with Crippen molar-refractivity contribution in [2.45, 2.75) is 17.4 Å². The molecule has 17 heavy (non-hydrogen) atoms. The Balaban J connectivity index is 2.51. The lowest BCUT2D eigenvalue weighted by Crippen LogP contribution is -2.32. The van der Waals surface area contributed by atoms with Gasteiger partial charge in [0.2, 0.25) is 10.0 Å². The van der Waals surface area contributed by atoms with Crippen LogP contribution in [0.5, 0.6) is 0 Å². The molecule has 1 heterocycles. The third kappa shape index (κ3) is 4.66. The summed E-state index contributed by atoms with van der Waals surface area (Å²) in [6.45, 7) is 0.0256. The van der Waals surface area contributed by atoms with Gasteiger partial charge >= 0.3 is 0 Å². The standard InChI is InChI=1S/C9H17N3O3S2/c1-12-7-9(6-10-12)17(14,15)11-5-8(13)3-4-16-2/h6-8,11,13H,3-5H2,1-2H3. The molecule has 0 aliphatic carbocycles. The smallest absolute Gasteiger partial charge is 0.243 e. The molecule has 0 aromatic carbocycles. The van der Waals surface area contributed by atoms with Crippen LogP contribution < -0.4 is 4.72 Å². The van der Waals surface area contributed by atoms with Crippen molar-refractivity contribution in [3.8, 4) is 0 Å². The molecule has 8 heteroatoms. The summed E-state index contributed by atoms with van der Waals surface area (Å²) < 4.78 is 27.3. The maximum absolute atomic E-state index is 11.7. The van der Waals surface area contributed by atoms with E-state index in [0.29, 0.717) is 6.42 Å². The van der Waals surface area contributed by atoms with Crippen LogP contribution in [0.3, 0.4) is 0 Å². The highest BCUT2D eigenvalue weighted by Crippen LogP contribution is 2.06. The molecule has 0 aliphatic rings. The zero-order valence-corrected chi connectivity index (χ0v) is 11.5. The van der Waals surface area contributed by atoms with E-state index in [-0.39, 0.29) is 11.4 Å². The van der Waals surface area contributed by atoms with E-state index in [4.69, 9.17) is 0 Å². The summed E-state index contributed by atoms with van der Waals surface area (Å²) in [4.78, 5) is 0.108. The van der Waals surface area contributed by atoms with Crippen LogP contribution >= 0.6 is 11.8 Å². The van der Waals surface area contributed by atoms with Crippen LogP contribution in [0.25, 0.3) is 0 Å². The number of aryl methyl sites for hydroxylation is 1. The zero-order chi connectivity index (χ0) is 12.9. The van der Waals surface area contributed by atoms with E-state index in [9.17, 15) is 13.5 Å². The average molecular weight is 279 g/mol. The fourth-order valence-corrected chi connectivity index (χ4v) is 2.75. The molecule has 6 nitrogen and oxygen atoms in total. The van der Waals surface area contributed by atoms with Crippen molar-refractivity contribution >= 4 is 21.8 Å². The van der Waals surface area contributed by atoms with Crippen LogP contribution in [0.15, 0.2) is 17.3 Å². The first-order valence-corrected chi connectivity index (χ1v) is 7.98. The molecular formula is C9H17N3O3S2. The van der Waals surface area contributed by atoms with Crippen molar-refractivity contribution in [2.75, 3.05) is 18.6 Å². The molecule has 0 saturated carbocycles. The fraction of sp³-hybridized carbons (Fsp3) is 0.667. The number of aromatic nitrogens is 2. The molecule has 1 atom stereocenters. The van der Waals surface area contributed by atoms with Crippen molar-refractivity contribution in [3.05, 3.63) is 12.4 Å².